The highest BCUT2D eigenvalue weighted by atomic mass is 17.2. The van der Waals surface area contributed by atoms with Gasteiger partial charge in [0.15, 0.2) is 35.2 Å². The number of hydrogen-bond donors (Lipinski definition) is 8. The van der Waals surface area contributed by atoms with Gasteiger partial charge in [0.25, 0.3) is 0 Å². The number of aliphatic carboxylic acids is 2. The van der Waals surface area contributed by atoms with Crippen LogP contribution in [0.2, 0.25) is 0 Å². The maximum atomic E-state index is 12.8. The third kappa shape index (κ3) is 6.33. The molecule has 0 radical (unpaired) electrons. The molecule has 0 saturated carbocycles. The molecule has 8 N–H and O–H groups in total. The first kappa shape index (κ1) is 33.0. The first-order valence-electron chi connectivity index (χ1n) is 13.4. The number of methoxy groups -OCH3 is 1. The number of phenolic OH excluding ortho intramolecular Hbond substituents is 1. The SMILES string of the molecule is COc1cc(-c2cc(=O)c3ccc(O[C@@H]4O[C@H](C(=O)O)[C@@H](O)[C@H](O)[C@H]4OO[C@@H]4O[C@H](C(=O)O)[C@@H](O)[C@H](O)[C@H]4O)cc3o2)ccc1O. The lowest BCUT2D eigenvalue weighted by Gasteiger charge is -2.41. The summed E-state index contributed by atoms with van der Waals surface area (Å²) in [5, 5.41) is 79.9. The van der Waals surface area contributed by atoms with Crippen molar-refractivity contribution in [2.24, 2.45) is 0 Å². The lowest BCUT2D eigenvalue weighted by molar-refractivity contribution is -0.464. The number of hydrogen-bond acceptors (Lipinski definition) is 16. The Kier molecular flexibility index (Phi) is 9.44. The molecule has 3 aromatic rings. The Hall–Kier alpha value is -4.37. The average molecular weight is 653 g/mol. The first-order chi connectivity index (χ1) is 21.8. The summed E-state index contributed by atoms with van der Waals surface area (Å²) in [6.45, 7) is 0. The predicted octanol–water partition coefficient (Wildman–Crippen LogP) is -1.71. The molecule has 2 aliphatic heterocycles. The summed E-state index contributed by atoms with van der Waals surface area (Å²) >= 11 is 0. The van der Waals surface area contributed by atoms with Crippen LogP contribution in [0.15, 0.2) is 51.7 Å². The van der Waals surface area contributed by atoms with Gasteiger partial charge in [0.05, 0.1) is 12.5 Å². The van der Waals surface area contributed by atoms with E-state index in [1.807, 2.05) is 0 Å². The zero-order chi connectivity index (χ0) is 33.4. The van der Waals surface area contributed by atoms with Gasteiger partial charge in [0, 0.05) is 17.7 Å². The second kappa shape index (κ2) is 13.2. The zero-order valence-corrected chi connectivity index (χ0v) is 23.5. The Balaban J connectivity index is 1.43. The van der Waals surface area contributed by atoms with E-state index < -0.39 is 78.8 Å². The second-order valence-electron chi connectivity index (χ2n) is 10.3. The van der Waals surface area contributed by atoms with Gasteiger partial charge in [0.2, 0.25) is 12.6 Å². The average Bonchev–Trinajstić information content (AvgIpc) is 3.01. The van der Waals surface area contributed by atoms with Gasteiger partial charge in [-0.05, 0) is 30.3 Å². The van der Waals surface area contributed by atoms with Crippen molar-refractivity contribution in [1.82, 2.24) is 0 Å². The van der Waals surface area contributed by atoms with Crippen molar-refractivity contribution in [1.29, 1.82) is 0 Å². The minimum Gasteiger partial charge on any atom is -0.504 e. The van der Waals surface area contributed by atoms with E-state index in [4.69, 9.17) is 33.1 Å². The maximum absolute atomic E-state index is 12.8. The molecule has 0 spiro atoms. The third-order valence-corrected chi connectivity index (χ3v) is 7.28. The van der Waals surface area contributed by atoms with Crippen LogP contribution in [0.5, 0.6) is 17.2 Å². The van der Waals surface area contributed by atoms with Gasteiger partial charge in [-0.15, -0.1) is 0 Å². The molecular formula is C28H28O18. The number of aromatic hydroxyl groups is 1. The summed E-state index contributed by atoms with van der Waals surface area (Å²) in [6.07, 6.45) is -20.3. The fourth-order valence-electron chi connectivity index (χ4n) is 4.80. The van der Waals surface area contributed by atoms with E-state index in [-0.39, 0.29) is 34.0 Å². The molecular weight excluding hydrogens is 624 g/mol. The number of benzene rings is 2. The molecule has 0 amide bonds. The fraction of sp³-hybridized carbons (Fsp3) is 0.393. The minimum atomic E-state index is -2.11. The van der Waals surface area contributed by atoms with Crippen LogP contribution in [0.3, 0.4) is 0 Å². The molecule has 10 atom stereocenters. The molecule has 5 rings (SSSR count). The normalized spacial score (nSPS) is 31.3. The van der Waals surface area contributed by atoms with Crippen LogP contribution >= 0.6 is 0 Å². The number of carbonyl (C=O) groups is 2. The van der Waals surface area contributed by atoms with Crippen LogP contribution in [0, 0.1) is 0 Å². The predicted molar refractivity (Wildman–Crippen MR) is 145 cm³/mol. The Morgan fingerprint density at radius 2 is 1.41 bits per heavy atom. The number of carboxylic acid groups (broad SMARTS) is 2. The third-order valence-electron chi connectivity index (χ3n) is 7.28. The summed E-state index contributed by atoms with van der Waals surface area (Å²) in [5.41, 5.74) is -0.101. The van der Waals surface area contributed by atoms with Crippen molar-refractivity contribution in [3.63, 3.8) is 0 Å². The summed E-state index contributed by atoms with van der Waals surface area (Å²) in [6, 6.07) is 9.28. The van der Waals surface area contributed by atoms with E-state index >= 15 is 0 Å². The van der Waals surface area contributed by atoms with Crippen LogP contribution in [-0.4, -0.2) is 121 Å². The molecule has 46 heavy (non-hydrogen) atoms. The fourth-order valence-corrected chi connectivity index (χ4v) is 4.80. The van der Waals surface area contributed by atoms with Gasteiger partial charge >= 0.3 is 11.9 Å². The molecule has 18 nitrogen and oxygen atoms in total. The molecule has 0 unspecified atom stereocenters. The molecule has 18 heteroatoms. The van der Waals surface area contributed by atoms with E-state index in [2.05, 4.69) is 0 Å². The summed E-state index contributed by atoms with van der Waals surface area (Å²) in [4.78, 5) is 46.0. The Bertz CT molecular complexity index is 1660. The Morgan fingerprint density at radius 1 is 0.761 bits per heavy atom. The molecule has 2 aliphatic rings. The monoisotopic (exact) mass is 652 g/mol. The molecule has 2 fully saturated rings. The highest BCUT2D eigenvalue weighted by molar-refractivity contribution is 5.80. The maximum Gasteiger partial charge on any atom is 0.335 e. The van der Waals surface area contributed by atoms with E-state index in [0.29, 0.717) is 5.56 Å². The van der Waals surface area contributed by atoms with Crippen LogP contribution in [0.4, 0.5) is 0 Å². The highest BCUT2D eigenvalue weighted by Gasteiger charge is 2.52. The van der Waals surface area contributed by atoms with Crippen molar-refractivity contribution in [3.05, 3.63) is 52.7 Å². The van der Waals surface area contributed by atoms with E-state index in [1.54, 1.807) is 0 Å². The quantitative estimate of drug-likeness (QED) is 0.0943. The van der Waals surface area contributed by atoms with E-state index in [9.17, 15) is 55.2 Å². The van der Waals surface area contributed by atoms with Gasteiger partial charge in [0.1, 0.15) is 47.6 Å². The van der Waals surface area contributed by atoms with Crippen molar-refractivity contribution < 1.29 is 83.6 Å². The van der Waals surface area contributed by atoms with Gasteiger partial charge < -0.3 is 64.2 Å². The number of rotatable bonds is 9. The lowest BCUT2D eigenvalue weighted by Crippen LogP contribution is -2.63. The van der Waals surface area contributed by atoms with Crippen LogP contribution < -0.4 is 14.9 Å². The summed E-state index contributed by atoms with van der Waals surface area (Å²) < 4.78 is 27.0. The molecule has 1 aromatic heterocycles. The number of fused-ring (bicyclic) bond motifs is 1. The van der Waals surface area contributed by atoms with Crippen molar-refractivity contribution >= 4 is 22.9 Å². The van der Waals surface area contributed by atoms with Gasteiger partial charge in [-0.2, -0.15) is 0 Å². The molecule has 0 bridgehead atoms. The molecule has 248 valence electrons. The van der Waals surface area contributed by atoms with Gasteiger partial charge in [-0.1, -0.05) is 0 Å². The number of ether oxygens (including phenoxy) is 4. The zero-order valence-electron chi connectivity index (χ0n) is 23.5. The summed E-state index contributed by atoms with van der Waals surface area (Å²) in [5.74, 6) is -3.48. The van der Waals surface area contributed by atoms with Crippen molar-refractivity contribution in [2.45, 2.75) is 61.4 Å². The largest absolute Gasteiger partial charge is 0.504 e. The Labute approximate surface area is 256 Å². The minimum absolute atomic E-state index is 0.0158. The van der Waals surface area contributed by atoms with Gasteiger partial charge in [-0.25, -0.2) is 19.4 Å². The topological polar surface area (TPSA) is 282 Å². The number of aliphatic hydroxyl groups is 5. The lowest BCUT2D eigenvalue weighted by atomic mass is 9.99. The van der Waals surface area contributed by atoms with Crippen LogP contribution in [0.25, 0.3) is 22.3 Å². The Morgan fingerprint density at radius 3 is 2.07 bits per heavy atom. The smallest absolute Gasteiger partial charge is 0.335 e. The molecule has 2 saturated heterocycles. The van der Waals surface area contributed by atoms with Crippen LogP contribution in [0.1, 0.15) is 0 Å². The molecule has 0 aliphatic carbocycles. The molecule has 3 heterocycles. The summed E-state index contributed by atoms with van der Waals surface area (Å²) in [7, 11) is 1.34. The second-order valence-corrected chi connectivity index (χ2v) is 10.3. The number of carboxylic acids is 2. The van der Waals surface area contributed by atoms with E-state index in [0.717, 1.165) is 0 Å². The van der Waals surface area contributed by atoms with Crippen molar-refractivity contribution in [2.75, 3.05) is 7.11 Å². The number of phenols is 1. The molecule has 2 aromatic carbocycles. The van der Waals surface area contributed by atoms with Crippen LogP contribution in [-0.2, 0) is 28.8 Å². The van der Waals surface area contributed by atoms with E-state index in [1.165, 1.54) is 49.6 Å². The standard InChI is InChI=1S/C28H28O18/c1-40-16-6-9(2-5-12(16)29)14-8-13(30)11-4-3-10(7-15(11)42-14)41-28-24(20(34)19(33)23(44-28)26(38)39)45-46-27-21(35)17(31)18(32)22(43-27)25(36)37/h2-8,17-24,27-29,31-35H,1H3,(H,36,37)(H,38,39)/t17-,18-,19-,20-,21+,22-,23-,24+,27-,28+/m0/s1. The number of aliphatic hydroxyl groups excluding tert-OH is 5. The highest BCUT2D eigenvalue weighted by Crippen LogP contribution is 2.34. The van der Waals surface area contributed by atoms with Gasteiger partial charge in [-0.3, -0.25) is 4.79 Å². The van der Waals surface area contributed by atoms with Crippen molar-refractivity contribution in [3.8, 4) is 28.6 Å². The first-order valence-corrected chi connectivity index (χ1v) is 13.4.